The maximum Gasteiger partial charge on any atom is 0.137 e. The predicted molar refractivity (Wildman–Crippen MR) is 80.5 cm³/mol. The predicted octanol–water partition coefficient (Wildman–Crippen LogP) is 3.45. The summed E-state index contributed by atoms with van der Waals surface area (Å²) < 4.78 is 0. The highest BCUT2D eigenvalue weighted by Gasteiger charge is 2.20. The van der Waals surface area contributed by atoms with Crippen LogP contribution < -0.4 is 5.32 Å². The van der Waals surface area contributed by atoms with E-state index in [4.69, 9.17) is 0 Å². The summed E-state index contributed by atoms with van der Waals surface area (Å²) in [4.78, 5) is 11.8. The van der Waals surface area contributed by atoms with Crippen LogP contribution in [0.3, 0.4) is 0 Å². The summed E-state index contributed by atoms with van der Waals surface area (Å²) in [7, 11) is 0. The maximum absolute atomic E-state index is 4.36. The monoisotopic (exact) mass is 264 g/mol. The van der Waals surface area contributed by atoms with Gasteiger partial charge < -0.3 is 10.3 Å². The molecule has 3 aromatic rings. The molecule has 0 aliphatic heterocycles. The largest absolute Gasteiger partial charge is 0.384 e. The van der Waals surface area contributed by atoms with Crippen molar-refractivity contribution in [3.8, 4) is 11.1 Å². The minimum Gasteiger partial charge on any atom is -0.384 e. The number of H-pyrrole nitrogens is 1. The van der Waals surface area contributed by atoms with Gasteiger partial charge >= 0.3 is 0 Å². The summed E-state index contributed by atoms with van der Waals surface area (Å²) in [5, 5.41) is 4.61. The Morgan fingerprint density at radius 2 is 2.20 bits per heavy atom. The molecule has 20 heavy (non-hydrogen) atoms. The van der Waals surface area contributed by atoms with Crippen LogP contribution in [-0.2, 0) is 0 Å². The van der Waals surface area contributed by atoms with Gasteiger partial charge in [0.25, 0.3) is 0 Å². The van der Waals surface area contributed by atoms with E-state index >= 15 is 0 Å². The van der Waals surface area contributed by atoms with Gasteiger partial charge in [0.05, 0.1) is 5.69 Å². The zero-order valence-corrected chi connectivity index (χ0v) is 11.1. The number of nitrogens with zero attached hydrogens (tertiary/aromatic N) is 2. The van der Waals surface area contributed by atoms with Crippen molar-refractivity contribution in [2.24, 2.45) is 5.92 Å². The third kappa shape index (κ3) is 2.13. The van der Waals surface area contributed by atoms with Crippen LogP contribution >= 0.6 is 0 Å². The Bertz CT molecular complexity index is 743. The standard InChI is InChI=1S/C16H16N4/c1-2-11(1)8-20-13-7-12(9-17-10-13)14-3-5-18-16-15(14)4-6-19-16/h3-7,9-11,20H,1-2,8H2,(H,18,19). The van der Waals surface area contributed by atoms with Gasteiger partial charge in [-0.3, -0.25) is 4.98 Å². The van der Waals surface area contributed by atoms with Gasteiger partial charge in [0.1, 0.15) is 5.65 Å². The highest BCUT2D eigenvalue weighted by atomic mass is 14.9. The molecule has 100 valence electrons. The molecule has 0 unspecified atom stereocenters. The van der Waals surface area contributed by atoms with Gasteiger partial charge in [0.15, 0.2) is 0 Å². The Hall–Kier alpha value is -2.36. The normalized spacial score (nSPS) is 14.6. The smallest absolute Gasteiger partial charge is 0.137 e. The topological polar surface area (TPSA) is 53.6 Å². The minimum atomic E-state index is 0.857. The zero-order valence-electron chi connectivity index (χ0n) is 11.1. The zero-order chi connectivity index (χ0) is 13.4. The van der Waals surface area contributed by atoms with Crippen molar-refractivity contribution >= 4 is 16.7 Å². The van der Waals surface area contributed by atoms with Crippen LogP contribution in [0.4, 0.5) is 5.69 Å². The van der Waals surface area contributed by atoms with E-state index in [1.54, 1.807) is 0 Å². The molecule has 0 radical (unpaired) electrons. The molecule has 1 saturated carbocycles. The molecule has 1 aliphatic carbocycles. The molecule has 0 saturated heterocycles. The highest BCUT2D eigenvalue weighted by molar-refractivity contribution is 5.93. The van der Waals surface area contributed by atoms with Crippen LogP contribution in [0.5, 0.6) is 0 Å². The molecule has 0 spiro atoms. The first kappa shape index (κ1) is 11.5. The first-order chi connectivity index (χ1) is 9.90. The highest BCUT2D eigenvalue weighted by Crippen LogP contribution is 2.30. The van der Waals surface area contributed by atoms with E-state index in [-0.39, 0.29) is 0 Å². The molecule has 0 aromatic carbocycles. The molecular weight excluding hydrogens is 248 g/mol. The van der Waals surface area contributed by atoms with E-state index in [9.17, 15) is 0 Å². The van der Waals surface area contributed by atoms with Crippen LogP contribution in [-0.4, -0.2) is 21.5 Å². The average Bonchev–Trinajstić information content (AvgIpc) is 3.20. The van der Waals surface area contributed by atoms with Crippen molar-refractivity contribution in [1.82, 2.24) is 15.0 Å². The molecule has 3 aromatic heterocycles. The first-order valence-electron chi connectivity index (χ1n) is 7.01. The summed E-state index contributed by atoms with van der Waals surface area (Å²) in [6.07, 6.45) is 10.3. The van der Waals surface area contributed by atoms with Gasteiger partial charge in [-0.15, -0.1) is 0 Å². The lowest BCUT2D eigenvalue weighted by Gasteiger charge is -2.08. The Kier molecular flexibility index (Phi) is 2.66. The molecule has 0 bridgehead atoms. The van der Waals surface area contributed by atoms with Gasteiger partial charge in [-0.1, -0.05) is 0 Å². The van der Waals surface area contributed by atoms with E-state index in [0.29, 0.717) is 0 Å². The first-order valence-corrected chi connectivity index (χ1v) is 7.01. The Balaban J connectivity index is 1.70. The number of pyridine rings is 2. The molecule has 4 heteroatoms. The lowest BCUT2D eigenvalue weighted by molar-refractivity contribution is 0.888. The molecule has 3 heterocycles. The van der Waals surface area contributed by atoms with E-state index in [2.05, 4.69) is 32.4 Å². The van der Waals surface area contributed by atoms with Crippen molar-refractivity contribution in [2.45, 2.75) is 12.8 Å². The Labute approximate surface area is 117 Å². The number of nitrogens with one attached hydrogen (secondary N) is 2. The van der Waals surface area contributed by atoms with Crippen molar-refractivity contribution < 1.29 is 0 Å². The van der Waals surface area contributed by atoms with Crippen molar-refractivity contribution in [2.75, 3.05) is 11.9 Å². The minimum absolute atomic E-state index is 0.857. The number of hydrogen-bond donors (Lipinski definition) is 2. The van der Waals surface area contributed by atoms with Crippen molar-refractivity contribution in [1.29, 1.82) is 0 Å². The van der Waals surface area contributed by atoms with Gasteiger partial charge in [0.2, 0.25) is 0 Å². The number of anilines is 1. The molecule has 0 amide bonds. The molecule has 2 N–H and O–H groups in total. The second-order valence-corrected chi connectivity index (χ2v) is 5.39. The van der Waals surface area contributed by atoms with E-state index in [1.807, 2.05) is 30.9 Å². The number of hydrogen-bond acceptors (Lipinski definition) is 3. The van der Waals surface area contributed by atoms with Crippen LogP contribution in [0.25, 0.3) is 22.2 Å². The second-order valence-electron chi connectivity index (χ2n) is 5.39. The quantitative estimate of drug-likeness (QED) is 0.759. The van der Waals surface area contributed by atoms with Gasteiger partial charge in [-0.05, 0) is 42.5 Å². The SMILES string of the molecule is c1cc(-c2cncc(NCC3CC3)c2)c2cc[nH]c2n1. The van der Waals surface area contributed by atoms with Gasteiger partial charge in [-0.2, -0.15) is 0 Å². The van der Waals surface area contributed by atoms with Crippen molar-refractivity contribution in [3.63, 3.8) is 0 Å². The number of aromatic amines is 1. The third-order valence-corrected chi connectivity index (χ3v) is 3.80. The van der Waals surface area contributed by atoms with Crippen LogP contribution in [0, 0.1) is 5.92 Å². The van der Waals surface area contributed by atoms with Gasteiger partial charge in [0, 0.05) is 42.3 Å². The lowest BCUT2D eigenvalue weighted by atomic mass is 10.1. The lowest BCUT2D eigenvalue weighted by Crippen LogP contribution is -2.03. The van der Waals surface area contributed by atoms with E-state index < -0.39 is 0 Å². The molecule has 1 fully saturated rings. The van der Waals surface area contributed by atoms with Crippen molar-refractivity contribution in [3.05, 3.63) is 43.0 Å². The van der Waals surface area contributed by atoms with Crippen LogP contribution in [0.15, 0.2) is 43.0 Å². The van der Waals surface area contributed by atoms with E-state index in [0.717, 1.165) is 34.7 Å². The second kappa shape index (κ2) is 4.63. The fraction of sp³-hybridized carbons (Fsp3) is 0.250. The van der Waals surface area contributed by atoms with Crippen LogP contribution in [0.1, 0.15) is 12.8 Å². The average molecular weight is 264 g/mol. The molecule has 1 aliphatic rings. The molecule has 4 rings (SSSR count). The summed E-state index contributed by atoms with van der Waals surface area (Å²) >= 11 is 0. The fourth-order valence-corrected chi connectivity index (χ4v) is 2.48. The summed E-state index contributed by atoms with van der Waals surface area (Å²) in [6, 6.07) is 6.26. The van der Waals surface area contributed by atoms with Gasteiger partial charge in [-0.25, -0.2) is 4.98 Å². The van der Waals surface area contributed by atoms with Crippen LogP contribution in [0.2, 0.25) is 0 Å². The summed E-state index contributed by atoms with van der Waals surface area (Å²) in [5.74, 6) is 0.857. The molecule has 4 nitrogen and oxygen atoms in total. The summed E-state index contributed by atoms with van der Waals surface area (Å²) in [6.45, 7) is 1.06. The maximum atomic E-state index is 4.36. The summed E-state index contributed by atoms with van der Waals surface area (Å²) in [5.41, 5.74) is 4.30. The van der Waals surface area contributed by atoms with E-state index in [1.165, 1.54) is 18.4 Å². The number of aromatic nitrogens is 3. The molecular formula is C16H16N4. The number of fused-ring (bicyclic) bond motifs is 1. The number of rotatable bonds is 4. The fourth-order valence-electron chi connectivity index (χ4n) is 2.48. The molecule has 0 atom stereocenters. The third-order valence-electron chi connectivity index (χ3n) is 3.80. The Morgan fingerprint density at radius 1 is 1.25 bits per heavy atom. The Morgan fingerprint density at radius 3 is 3.10 bits per heavy atom.